The standard InChI is InChI=1S/C38H20N2O4/c41-37-28-9-4-2-7-22(28)32-31(43-37)17-15-25-29-18-19(12-16-30(29)39-34(25)32)20-10-5-11-23-24-13-14-26-21-6-1-3-8-27(21)38(42)44-36(26)35(24)40-33(20)23/h1-18,39-40H. The first-order valence-corrected chi connectivity index (χ1v) is 14.4. The van der Waals surface area contributed by atoms with Crippen LogP contribution in [0.15, 0.2) is 128 Å². The van der Waals surface area contributed by atoms with Gasteiger partial charge in [-0.25, -0.2) is 9.59 Å². The van der Waals surface area contributed by atoms with Gasteiger partial charge < -0.3 is 18.8 Å². The van der Waals surface area contributed by atoms with Crippen molar-refractivity contribution in [3.63, 3.8) is 0 Å². The van der Waals surface area contributed by atoms with Crippen LogP contribution in [-0.4, -0.2) is 9.97 Å². The summed E-state index contributed by atoms with van der Waals surface area (Å²) in [5.41, 5.74) is 6.25. The zero-order chi connectivity index (χ0) is 29.1. The third-order valence-corrected chi connectivity index (χ3v) is 9.06. The van der Waals surface area contributed by atoms with Crippen molar-refractivity contribution in [3.8, 4) is 11.1 Å². The van der Waals surface area contributed by atoms with Gasteiger partial charge >= 0.3 is 11.3 Å². The summed E-state index contributed by atoms with van der Waals surface area (Å²) in [6, 6.07) is 35.8. The van der Waals surface area contributed by atoms with E-state index < -0.39 is 0 Å². The van der Waals surface area contributed by atoms with Crippen molar-refractivity contribution in [1.29, 1.82) is 0 Å². The molecule has 6 aromatic carbocycles. The number of hydrogen-bond donors (Lipinski definition) is 2. The van der Waals surface area contributed by atoms with Gasteiger partial charge in [0.25, 0.3) is 0 Å². The summed E-state index contributed by atoms with van der Waals surface area (Å²) in [5.74, 6) is 0. The molecule has 0 amide bonds. The van der Waals surface area contributed by atoms with E-state index in [1.54, 1.807) is 12.1 Å². The fourth-order valence-electron chi connectivity index (χ4n) is 7.07. The molecule has 206 valence electrons. The minimum absolute atomic E-state index is 0.336. The van der Waals surface area contributed by atoms with E-state index in [2.05, 4.69) is 52.4 Å². The highest BCUT2D eigenvalue weighted by molar-refractivity contribution is 6.24. The van der Waals surface area contributed by atoms with Crippen LogP contribution in [0.4, 0.5) is 0 Å². The molecule has 0 spiro atoms. The van der Waals surface area contributed by atoms with Gasteiger partial charge in [0.15, 0.2) is 5.58 Å². The van der Waals surface area contributed by atoms with E-state index in [0.29, 0.717) is 21.9 Å². The Hall–Kier alpha value is -6.14. The molecule has 0 aliphatic carbocycles. The Labute approximate surface area is 246 Å². The summed E-state index contributed by atoms with van der Waals surface area (Å²) in [7, 11) is 0. The van der Waals surface area contributed by atoms with E-state index in [0.717, 1.165) is 76.3 Å². The van der Waals surface area contributed by atoms with Gasteiger partial charge in [-0.1, -0.05) is 66.7 Å². The van der Waals surface area contributed by atoms with Crippen molar-refractivity contribution in [2.24, 2.45) is 0 Å². The van der Waals surface area contributed by atoms with E-state index >= 15 is 0 Å². The lowest BCUT2D eigenvalue weighted by Gasteiger charge is -2.05. The van der Waals surface area contributed by atoms with Crippen molar-refractivity contribution in [2.45, 2.75) is 0 Å². The summed E-state index contributed by atoms with van der Waals surface area (Å²) in [6.07, 6.45) is 0. The van der Waals surface area contributed by atoms with Crippen LogP contribution in [0.5, 0.6) is 0 Å². The molecule has 0 aliphatic heterocycles. The topological polar surface area (TPSA) is 92.0 Å². The number of para-hydroxylation sites is 1. The Balaban J connectivity index is 1.24. The summed E-state index contributed by atoms with van der Waals surface area (Å²) < 4.78 is 11.6. The van der Waals surface area contributed by atoms with E-state index in [1.165, 1.54) is 0 Å². The molecule has 0 bridgehead atoms. The predicted octanol–water partition coefficient (Wildman–Crippen LogP) is 9.14. The highest BCUT2D eigenvalue weighted by Gasteiger charge is 2.18. The summed E-state index contributed by atoms with van der Waals surface area (Å²) >= 11 is 0. The molecule has 10 aromatic rings. The molecule has 4 aromatic heterocycles. The van der Waals surface area contributed by atoms with Crippen molar-refractivity contribution in [2.75, 3.05) is 0 Å². The molecule has 44 heavy (non-hydrogen) atoms. The smallest absolute Gasteiger partial charge is 0.344 e. The summed E-state index contributed by atoms with van der Waals surface area (Å²) in [4.78, 5) is 32.8. The highest BCUT2D eigenvalue weighted by Crippen LogP contribution is 2.40. The molecule has 0 radical (unpaired) electrons. The van der Waals surface area contributed by atoms with Gasteiger partial charge in [-0.05, 0) is 53.4 Å². The number of nitrogens with one attached hydrogen (secondary N) is 2. The van der Waals surface area contributed by atoms with Crippen molar-refractivity contribution >= 4 is 87.1 Å². The lowest BCUT2D eigenvalue weighted by Crippen LogP contribution is -1.99. The van der Waals surface area contributed by atoms with Gasteiger partial charge in [-0.15, -0.1) is 0 Å². The maximum atomic E-state index is 12.9. The fraction of sp³-hybridized carbons (Fsp3) is 0. The van der Waals surface area contributed by atoms with Crippen LogP contribution in [0.3, 0.4) is 0 Å². The first-order valence-electron chi connectivity index (χ1n) is 14.4. The molecule has 4 heterocycles. The van der Waals surface area contributed by atoms with Gasteiger partial charge in [0, 0.05) is 48.8 Å². The van der Waals surface area contributed by atoms with Gasteiger partial charge in [0.2, 0.25) is 0 Å². The van der Waals surface area contributed by atoms with Crippen LogP contribution in [0.25, 0.3) is 98.2 Å². The Morgan fingerprint density at radius 2 is 1.11 bits per heavy atom. The van der Waals surface area contributed by atoms with Gasteiger partial charge in [0.1, 0.15) is 5.58 Å². The van der Waals surface area contributed by atoms with Crippen LogP contribution < -0.4 is 11.3 Å². The van der Waals surface area contributed by atoms with E-state index in [1.807, 2.05) is 54.6 Å². The molecular weight excluding hydrogens is 548 g/mol. The molecule has 2 N–H and O–H groups in total. The number of aromatic amines is 2. The van der Waals surface area contributed by atoms with Crippen LogP contribution in [0, 0.1) is 0 Å². The highest BCUT2D eigenvalue weighted by atomic mass is 16.4. The SMILES string of the molecule is O=c1oc2c(ccc3c4cccc(-c5ccc6[nH]c7c(ccc8oc(=O)c9ccccc9c87)c6c5)c4[nH]c32)c2ccccc12. The number of rotatable bonds is 1. The zero-order valence-corrected chi connectivity index (χ0v) is 23.0. The first kappa shape index (κ1) is 23.4. The van der Waals surface area contributed by atoms with Crippen LogP contribution in [0.1, 0.15) is 0 Å². The normalized spacial score (nSPS) is 12.3. The third-order valence-electron chi connectivity index (χ3n) is 9.06. The average molecular weight is 569 g/mol. The minimum atomic E-state index is -0.344. The molecular formula is C38H20N2O4. The summed E-state index contributed by atoms with van der Waals surface area (Å²) in [5, 5.41) is 8.87. The van der Waals surface area contributed by atoms with Crippen LogP contribution in [0.2, 0.25) is 0 Å². The molecule has 6 heteroatoms. The van der Waals surface area contributed by atoms with Gasteiger partial charge in [-0.3, -0.25) is 0 Å². The van der Waals surface area contributed by atoms with Crippen molar-refractivity contribution in [3.05, 3.63) is 130 Å². The number of H-pyrrole nitrogens is 2. The number of hydrogen-bond acceptors (Lipinski definition) is 4. The van der Waals surface area contributed by atoms with Crippen LogP contribution in [-0.2, 0) is 0 Å². The molecule has 10 rings (SSSR count). The molecule has 6 nitrogen and oxygen atoms in total. The Morgan fingerprint density at radius 3 is 1.98 bits per heavy atom. The lowest BCUT2D eigenvalue weighted by molar-refractivity contribution is 0.570. The summed E-state index contributed by atoms with van der Waals surface area (Å²) in [6.45, 7) is 0. The molecule has 0 saturated heterocycles. The Bertz CT molecular complexity index is 2990. The number of fused-ring (bicyclic) bond motifs is 14. The first-order chi connectivity index (χ1) is 21.6. The Morgan fingerprint density at radius 1 is 0.455 bits per heavy atom. The molecule has 0 fully saturated rings. The monoisotopic (exact) mass is 568 g/mol. The second kappa shape index (κ2) is 8.24. The predicted molar refractivity (Wildman–Crippen MR) is 178 cm³/mol. The number of benzene rings is 6. The van der Waals surface area contributed by atoms with E-state index in [9.17, 15) is 9.59 Å². The minimum Gasteiger partial charge on any atom is -0.422 e. The fourth-order valence-corrected chi connectivity index (χ4v) is 7.07. The average Bonchev–Trinajstić information content (AvgIpc) is 3.63. The largest absolute Gasteiger partial charge is 0.422 e. The quantitative estimate of drug-likeness (QED) is 0.153. The molecule has 0 unspecified atom stereocenters. The van der Waals surface area contributed by atoms with Gasteiger partial charge in [0.05, 0.1) is 27.3 Å². The lowest BCUT2D eigenvalue weighted by atomic mass is 9.99. The maximum absolute atomic E-state index is 12.9. The van der Waals surface area contributed by atoms with E-state index in [-0.39, 0.29) is 11.3 Å². The van der Waals surface area contributed by atoms with Crippen molar-refractivity contribution < 1.29 is 8.83 Å². The van der Waals surface area contributed by atoms with Gasteiger partial charge in [-0.2, -0.15) is 0 Å². The molecule has 0 saturated carbocycles. The zero-order valence-electron chi connectivity index (χ0n) is 23.0. The number of aromatic nitrogens is 2. The molecule has 0 aliphatic rings. The second-order valence-electron chi connectivity index (χ2n) is 11.3. The van der Waals surface area contributed by atoms with Crippen LogP contribution >= 0.6 is 0 Å². The maximum Gasteiger partial charge on any atom is 0.344 e. The second-order valence-corrected chi connectivity index (χ2v) is 11.3. The third kappa shape index (κ3) is 2.98. The van der Waals surface area contributed by atoms with Crippen molar-refractivity contribution in [1.82, 2.24) is 9.97 Å². The Kier molecular flexibility index (Phi) is 4.39. The molecule has 0 atom stereocenters. The van der Waals surface area contributed by atoms with E-state index in [4.69, 9.17) is 8.83 Å².